The highest BCUT2D eigenvalue weighted by molar-refractivity contribution is 7.93. The number of amides is 1. The van der Waals surface area contributed by atoms with Crippen molar-refractivity contribution in [1.29, 1.82) is 0 Å². The van der Waals surface area contributed by atoms with Crippen LogP contribution in [0.5, 0.6) is 0 Å². The zero-order valence-electron chi connectivity index (χ0n) is 21.3. The van der Waals surface area contributed by atoms with E-state index in [9.17, 15) is 18.0 Å². The molecule has 10 heteroatoms. The second-order valence-electron chi connectivity index (χ2n) is 9.45. The first-order chi connectivity index (χ1) is 18.8. The zero-order valence-corrected chi connectivity index (χ0v) is 22.9. The third-order valence-electron chi connectivity index (χ3n) is 7.16. The summed E-state index contributed by atoms with van der Waals surface area (Å²) in [6.07, 6.45) is 8.10. The second-order valence-corrected chi connectivity index (χ2v) is 12.1. The third-order valence-corrected chi connectivity index (χ3v) is 9.71. The number of carbonyl (C=O) groups is 2. The molecule has 8 nitrogen and oxygen atoms in total. The van der Waals surface area contributed by atoms with E-state index in [1.54, 1.807) is 61.8 Å². The van der Waals surface area contributed by atoms with Crippen LogP contribution in [0.4, 0.5) is 0 Å². The number of aromatic nitrogens is 1. The molecule has 1 fully saturated rings. The van der Waals surface area contributed by atoms with Crippen LogP contribution in [-0.4, -0.2) is 67.2 Å². The Bertz CT molecular complexity index is 1590. The van der Waals surface area contributed by atoms with Crippen molar-refractivity contribution in [3.8, 4) is 0 Å². The number of nitrogens with one attached hydrogen (secondary N) is 1. The van der Waals surface area contributed by atoms with Crippen LogP contribution in [0.1, 0.15) is 18.9 Å². The number of sulfone groups is 1. The molecule has 1 amide bonds. The van der Waals surface area contributed by atoms with E-state index < -0.39 is 32.5 Å². The predicted octanol–water partition coefficient (Wildman–Crippen LogP) is 3.81. The number of fused-ring (bicyclic) bond motifs is 1. The molecule has 1 aliphatic carbocycles. The maximum atomic E-state index is 14.5. The van der Waals surface area contributed by atoms with E-state index in [0.717, 1.165) is 16.5 Å². The summed E-state index contributed by atoms with van der Waals surface area (Å²) in [6.45, 7) is 2.62. The van der Waals surface area contributed by atoms with E-state index in [4.69, 9.17) is 16.3 Å². The largest absolute Gasteiger partial charge is 0.464 e. The third kappa shape index (κ3) is 4.97. The molecule has 0 radical (unpaired) electrons. The van der Waals surface area contributed by atoms with Crippen molar-refractivity contribution in [1.82, 2.24) is 15.2 Å². The number of carbonyl (C=O) groups excluding carboxylic acids is 2. The maximum Gasteiger partial charge on any atom is 0.330 e. The van der Waals surface area contributed by atoms with Crippen molar-refractivity contribution in [3.05, 3.63) is 89.7 Å². The first kappa shape index (κ1) is 27.1. The summed E-state index contributed by atoms with van der Waals surface area (Å²) in [7, 11) is -4.28. The van der Waals surface area contributed by atoms with Crippen molar-refractivity contribution in [3.63, 3.8) is 0 Å². The number of hydrogen-bond acceptors (Lipinski definition) is 7. The van der Waals surface area contributed by atoms with Gasteiger partial charge in [0.05, 0.1) is 11.5 Å². The van der Waals surface area contributed by atoms with Crippen LogP contribution in [0.25, 0.3) is 16.3 Å². The van der Waals surface area contributed by atoms with Crippen LogP contribution in [0, 0.1) is 0 Å². The second kappa shape index (κ2) is 10.9. The summed E-state index contributed by atoms with van der Waals surface area (Å²) < 4.78 is 32.2. The van der Waals surface area contributed by atoms with Gasteiger partial charge in [0.25, 0.3) is 0 Å². The predicted molar refractivity (Wildman–Crippen MR) is 150 cm³/mol. The highest BCUT2D eigenvalue weighted by Crippen LogP contribution is 2.39. The first-order valence-corrected chi connectivity index (χ1v) is 14.5. The van der Waals surface area contributed by atoms with Gasteiger partial charge >= 0.3 is 5.97 Å². The topological polar surface area (TPSA) is 106 Å². The van der Waals surface area contributed by atoms with Gasteiger partial charge in [-0.2, -0.15) is 0 Å². The number of esters is 1. The standard InChI is InChI=1S/C29H28ClN3O5S/c1-2-38-27(34)26-19-32-15-16-33(26)28(35)29(11-7-20(8-12-29)21-9-13-31-14-10-21)39(36,37)25-6-4-22-17-24(30)5-3-23(22)18-25/h3-11,13-14,17-18,26,32H,2,12,15-16,19H2,1H3. The Morgan fingerprint density at radius 2 is 1.87 bits per heavy atom. The summed E-state index contributed by atoms with van der Waals surface area (Å²) in [5, 5.41) is 5.11. The normalized spacial score (nSPS) is 21.4. The van der Waals surface area contributed by atoms with Crippen LogP contribution in [-0.2, 0) is 24.2 Å². The number of piperazine rings is 1. The summed E-state index contributed by atoms with van der Waals surface area (Å²) in [4.78, 5) is 32.6. The lowest BCUT2D eigenvalue weighted by molar-refractivity contribution is -0.156. The molecular formula is C29H28ClN3O5S. The van der Waals surface area contributed by atoms with Crippen molar-refractivity contribution < 1.29 is 22.7 Å². The van der Waals surface area contributed by atoms with Crippen molar-refractivity contribution in [2.75, 3.05) is 26.2 Å². The molecule has 0 spiro atoms. The SMILES string of the molecule is CCOC(=O)C1CNCCN1C(=O)C1(S(=O)(=O)c2ccc3cc(Cl)ccc3c2)C=CC(c2ccncc2)=CC1. The minimum absolute atomic E-state index is 0.0129. The van der Waals surface area contributed by atoms with Gasteiger partial charge in [-0.3, -0.25) is 9.78 Å². The smallest absolute Gasteiger partial charge is 0.330 e. The molecule has 39 heavy (non-hydrogen) atoms. The van der Waals surface area contributed by atoms with Crippen molar-refractivity contribution in [2.24, 2.45) is 0 Å². The quantitative estimate of drug-likeness (QED) is 0.453. The van der Waals surface area contributed by atoms with Crippen molar-refractivity contribution in [2.45, 2.75) is 29.0 Å². The number of pyridine rings is 1. The maximum absolute atomic E-state index is 14.5. The Kier molecular flexibility index (Phi) is 7.57. The van der Waals surface area contributed by atoms with Gasteiger partial charge in [-0.25, -0.2) is 13.2 Å². The molecule has 5 rings (SSSR count). The number of hydrogen-bond donors (Lipinski definition) is 1. The molecule has 2 aliphatic rings. The molecule has 2 heterocycles. The van der Waals surface area contributed by atoms with Gasteiger partial charge in [-0.05, 0) is 71.7 Å². The molecule has 0 bridgehead atoms. The lowest BCUT2D eigenvalue weighted by Gasteiger charge is -2.41. The van der Waals surface area contributed by atoms with Gasteiger partial charge in [-0.15, -0.1) is 0 Å². The fourth-order valence-corrected chi connectivity index (χ4v) is 7.09. The Morgan fingerprint density at radius 1 is 1.13 bits per heavy atom. The minimum atomic E-state index is -4.28. The molecule has 2 atom stereocenters. The van der Waals surface area contributed by atoms with Gasteiger partial charge in [-0.1, -0.05) is 42.0 Å². The van der Waals surface area contributed by atoms with E-state index in [1.807, 2.05) is 12.1 Å². The minimum Gasteiger partial charge on any atom is -0.464 e. The highest BCUT2D eigenvalue weighted by Gasteiger charge is 2.53. The van der Waals surface area contributed by atoms with E-state index >= 15 is 0 Å². The van der Waals surface area contributed by atoms with Gasteiger partial charge in [0, 0.05) is 37.1 Å². The van der Waals surface area contributed by atoms with Crippen LogP contribution < -0.4 is 5.32 Å². The molecule has 0 saturated carbocycles. The number of benzene rings is 2. The van der Waals surface area contributed by atoms with Gasteiger partial charge in [0.1, 0.15) is 6.04 Å². The summed E-state index contributed by atoms with van der Waals surface area (Å²) in [5.41, 5.74) is 1.64. The lowest BCUT2D eigenvalue weighted by Crippen LogP contribution is -2.63. The first-order valence-electron chi connectivity index (χ1n) is 12.7. The van der Waals surface area contributed by atoms with E-state index in [-0.39, 0.29) is 31.0 Å². The van der Waals surface area contributed by atoms with E-state index in [0.29, 0.717) is 17.0 Å². The summed E-state index contributed by atoms with van der Waals surface area (Å²) >= 11 is 6.11. The molecule has 1 saturated heterocycles. The van der Waals surface area contributed by atoms with Crippen molar-refractivity contribution >= 4 is 49.7 Å². The number of allylic oxidation sites excluding steroid dienone is 3. The van der Waals surface area contributed by atoms with E-state index in [2.05, 4.69) is 10.3 Å². The van der Waals surface area contributed by atoms with Crippen LogP contribution in [0.2, 0.25) is 5.02 Å². The Labute approximate surface area is 232 Å². The average molecular weight is 566 g/mol. The molecular weight excluding hydrogens is 538 g/mol. The molecule has 1 N–H and O–H groups in total. The van der Waals surface area contributed by atoms with E-state index in [1.165, 1.54) is 17.0 Å². The average Bonchev–Trinajstić information content (AvgIpc) is 2.97. The number of nitrogens with zero attached hydrogens (tertiary/aromatic N) is 2. The molecule has 2 unspecified atom stereocenters. The highest BCUT2D eigenvalue weighted by atomic mass is 35.5. The number of rotatable bonds is 6. The fourth-order valence-electron chi connectivity index (χ4n) is 5.06. The lowest BCUT2D eigenvalue weighted by atomic mass is 9.91. The molecule has 1 aromatic heterocycles. The summed E-state index contributed by atoms with van der Waals surface area (Å²) in [5.74, 6) is -1.22. The zero-order chi connectivity index (χ0) is 27.6. The Morgan fingerprint density at radius 3 is 2.59 bits per heavy atom. The van der Waals surface area contributed by atoms with Gasteiger partial charge < -0.3 is 15.0 Å². The molecule has 1 aliphatic heterocycles. The Hall–Kier alpha value is -3.53. The monoisotopic (exact) mass is 565 g/mol. The van der Waals surface area contributed by atoms with Crippen LogP contribution >= 0.6 is 11.6 Å². The molecule has 3 aromatic rings. The fraction of sp³-hybridized carbons (Fsp3) is 0.276. The van der Waals surface area contributed by atoms with Gasteiger partial charge in [0.15, 0.2) is 14.6 Å². The number of halogens is 1. The van der Waals surface area contributed by atoms with Crippen LogP contribution in [0.3, 0.4) is 0 Å². The molecule has 2 aromatic carbocycles. The molecule has 202 valence electrons. The number of ether oxygens (including phenoxy) is 1. The Balaban J connectivity index is 1.61. The van der Waals surface area contributed by atoms with Gasteiger partial charge in [0.2, 0.25) is 5.91 Å². The van der Waals surface area contributed by atoms with Crippen LogP contribution in [0.15, 0.2) is 84.0 Å². The summed E-state index contributed by atoms with van der Waals surface area (Å²) in [6, 6.07) is 12.6.